The second kappa shape index (κ2) is 3.33. The highest BCUT2D eigenvalue weighted by molar-refractivity contribution is 5.79. The maximum absolute atomic E-state index is 10.6. The fourth-order valence-electron chi connectivity index (χ4n) is 4.55. The first-order chi connectivity index (χ1) is 7.59. The molecule has 4 aliphatic carbocycles. The Balaban J connectivity index is 1.90. The molecule has 0 amide bonds. The van der Waals surface area contributed by atoms with Gasteiger partial charge in [-0.2, -0.15) is 0 Å². The van der Waals surface area contributed by atoms with Crippen LogP contribution in [0.5, 0.6) is 0 Å². The fourth-order valence-corrected chi connectivity index (χ4v) is 4.55. The zero-order valence-electron chi connectivity index (χ0n) is 9.30. The van der Waals surface area contributed by atoms with Gasteiger partial charge in [0.25, 0.3) is 0 Å². The number of hydrogen-bond acceptors (Lipinski definition) is 2. The predicted octanol–water partition coefficient (Wildman–Crippen LogP) is 1.81. The van der Waals surface area contributed by atoms with Crippen LogP contribution in [0, 0.1) is 23.2 Å². The lowest BCUT2D eigenvalue weighted by molar-refractivity contribution is -0.135. The smallest absolute Gasteiger partial charge is 0.327 e. The quantitative estimate of drug-likeness (QED) is 0.701. The summed E-state index contributed by atoms with van der Waals surface area (Å²) in [5.41, 5.74) is -0.215. The van der Waals surface area contributed by atoms with E-state index >= 15 is 0 Å². The first kappa shape index (κ1) is 10.3. The van der Waals surface area contributed by atoms with Gasteiger partial charge in [-0.05, 0) is 49.9 Å². The number of carboxylic acid groups (broad SMARTS) is 1. The van der Waals surface area contributed by atoms with Crippen molar-refractivity contribution in [2.24, 2.45) is 23.2 Å². The van der Waals surface area contributed by atoms with E-state index in [0.29, 0.717) is 5.92 Å². The molecule has 3 heteroatoms. The lowest BCUT2D eigenvalue weighted by Gasteiger charge is -2.58. The molecule has 16 heavy (non-hydrogen) atoms. The predicted molar refractivity (Wildman–Crippen MR) is 58.8 cm³/mol. The number of hydrogen-bond donors (Lipinski definition) is 2. The van der Waals surface area contributed by atoms with Gasteiger partial charge in [0.15, 0.2) is 0 Å². The normalized spacial score (nSPS) is 50.1. The van der Waals surface area contributed by atoms with Crippen LogP contribution in [0.2, 0.25) is 0 Å². The standard InChI is InChI=1S/C13H18O3/c14-11(15)1-2-13-6-8-3-9(7-13)5-10(4-8)12(13)16/h1-2,8-10,12,16H,3-7H2,(H,14,15). The largest absolute Gasteiger partial charge is 0.478 e. The van der Waals surface area contributed by atoms with Gasteiger partial charge in [-0.3, -0.25) is 0 Å². The van der Waals surface area contributed by atoms with Crippen LogP contribution < -0.4 is 0 Å². The van der Waals surface area contributed by atoms with E-state index in [1.165, 1.54) is 12.5 Å². The van der Waals surface area contributed by atoms with Crippen LogP contribution in [0.15, 0.2) is 12.2 Å². The Morgan fingerprint density at radius 1 is 1.19 bits per heavy atom. The van der Waals surface area contributed by atoms with Gasteiger partial charge in [0.1, 0.15) is 0 Å². The van der Waals surface area contributed by atoms with Crippen LogP contribution in [0.25, 0.3) is 0 Å². The molecule has 4 aliphatic rings. The molecule has 0 radical (unpaired) electrons. The Hall–Kier alpha value is -0.830. The molecule has 0 aromatic heterocycles. The van der Waals surface area contributed by atoms with Gasteiger partial charge in [-0.15, -0.1) is 0 Å². The van der Waals surface area contributed by atoms with E-state index in [4.69, 9.17) is 5.11 Å². The molecule has 4 bridgehead atoms. The molecule has 4 rings (SSSR count). The number of aliphatic carboxylic acids is 1. The molecule has 0 saturated heterocycles. The summed E-state index contributed by atoms with van der Waals surface area (Å²) in [7, 11) is 0. The van der Waals surface area contributed by atoms with E-state index < -0.39 is 5.97 Å². The lowest BCUT2D eigenvalue weighted by Crippen LogP contribution is -2.55. The van der Waals surface area contributed by atoms with Crippen molar-refractivity contribution in [2.45, 2.75) is 38.2 Å². The van der Waals surface area contributed by atoms with Crippen molar-refractivity contribution < 1.29 is 15.0 Å². The summed E-state index contributed by atoms with van der Waals surface area (Å²) in [6, 6.07) is 0. The number of aliphatic hydroxyl groups excluding tert-OH is 1. The minimum Gasteiger partial charge on any atom is -0.478 e. The van der Waals surface area contributed by atoms with Crippen molar-refractivity contribution in [3.05, 3.63) is 12.2 Å². The molecule has 4 saturated carbocycles. The van der Waals surface area contributed by atoms with Crippen LogP contribution in [0.1, 0.15) is 32.1 Å². The van der Waals surface area contributed by atoms with Gasteiger partial charge < -0.3 is 10.2 Å². The Labute approximate surface area is 95.2 Å². The van der Waals surface area contributed by atoms with Crippen molar-refractivity contribution in [1.82, 2.24) is 0 Å². The molecule has 0 heterocycles. The summed E-state index contributed by atoms with van der Waals surface area (Å²) >= 11 is 0. The van der Waals surface area contributed by atoms with Gasteiger partial charge in [0.05, 0.1) is 6.10 Å². The molecule has 0 aromatic carbocycles. The molecular formula is C13H18O3. The van der Waals surface area contributed by atoms with Gasteiger partial charge in [-0.1, -0.05) is 6.08 Å². The average molecular weight is 222 g/mol. The minimum atomic E-state index is -0.900. The van der Waals surface area contributed by atoms with Crippen molar-refractivity contribution in [2.75, 3.05) is 0 Å². The Morgan fingerprint density at radius 2 is 1.81 bits per heavy atom. The van der Waals surface area contributed by atoms with E-state index in [9.17, 15) is 9.90 Å². The molecule has 3 unspecified atom stereocenters. The van der Waals surface area contributed by atoms with Crippen LogP contribution in [0.4, 0.5) is 0 Å². The van der Waals surface area contributed by atoms with E-state index in [1.807, 2.05) is 0 Å². The fraction of sp³-hybridized carbons (Fsp3) is 0.769. The van der Waals surface area contributed by atoms with Crippen molar-refractivity contribution in [1.29, 1.82) is 0 Å². The van der Waals surface area contributed by atoms with E-state index in [1.54, 1.807) is 6.08 Å². The highest BCUT2D eigenvalue weighted by Gasteiger charge is 2.55. The Kier molecular flexibility index (Phi) is 2.15. The number of carbonyl (C=O) groups is 1. The molecule has 0 spiro atoms. The Morgan fingerprint density at radius 3 is 2.38 bits per heavy atom. The molecule has 3 nitrogen and oxygen atoms in total. The van der Waals surface area contributed by atoms with Crippen LogP contribution >= 0.6 is 0 Å². The summed E-state index contributed by atoms with van der Waals surface area (Å²) in [6.45, 7) is 0. The SMILES string of the molecule is O=C(O)C=CC12CC3CC(CC(C3)C1O)C2. The lowest BCUT2D eigenvalue weighted by atomic mass is 9.48. The van der Waals surface area contributed by atoms with Gasteiger partial charge in [0.2, 0.25) is 0 Å². The summed E-state index contributed by atoms with van der Waals surface area (Å²) in [5, 5.41) is 19.1. The third-order valence-electron chi connectivity index (χ3n) is 4.87. The molecule has 0 aliphatic heterocycles. The van der Waals surface area contributed by atoms with Crippen molar-refractivity contribution in [3.8, 4) is 0 Å². The molecule has 88 valence electrons. The first-order valence-electron chi connectivity index (χ1n) is 6.19. The van der Waals surface area contributed by atoms with Crippen LogP contribution in [0.3, 0.4) is 0 Å². The molecule has 4 fully saturated rings. The van der Waals surface area contributed by atoms with Crippen LogP contribution in [-0.4, -0.2) is 22.3 Å². The highest BCUT2D eigenvalue weighted by Crippen LogP contribution is 2.60. The molecule has 3 atom stereocenters. The minimum absolute atomic E-state index is 0.215. The summed E-state index contributed by atoms with van der Waals surface area (Å²) < 4.78 is 0. The second-order valence-electron chi connectivity index (χ2n) is 5.96. The number of aliphatic hydroxyl groups is 1. The van der Waals surface area contributed by atoms with Gasteiger partial charge in [0, 0.05) is 11.5 Å². The third-order valence-corrected chi connectivity index (χ3v) is 4.87. The molecule has 2 N–H and O–H groups in total. The molecular weight excluding hydrogens is 204 g/mol. The average Bonchev–Trinajstić information content (AvgIpc) is 2.22. The van der Waals surface area contributed by atoms with Crippen LogP contribution in [-0.2, 0) is 4.79 Å². The van der Waals surface area contributed by atoms with Crippen molar-refractivity contribution >= 4 is 5.97 Å². The molecule has 0 aromatic rings. The van der Waals surface area contributed by atoms with E-state index in [-0.39, 0.29) is 11.5 Å². The van der Waals surface area contributed by atoms with E-state index in [0.717, 1.165) is 37.5 Å². The van der Waals surface area contributed by atoms with Gasteiger partial charge >= 0.3 is 5.97 Å². The third kappa shape index (κ3) is 1.41. The highest BCUT2D eigenvalue weighted by atomic mass is 16.4. The Bertz CT molecular complexity index is 333. The zero-order valence-corrected chi connectivity index (χ0v) is 9.30. The number of rotatable bonds is 2. The first-order valence-corrected chi connectivity index (χ1v) is 6.19. The summed E-state index contributed by atoms with van der Waals surface area (Å²) in [5.74, 6) is 0.964. The van der Waals surface area contributed by atoms with E-state index in [2.05, 4.69) is 0 Å². The summed E-state index contributed by atoms with van der Waals surface area (Å²) in [6.07, 6.45) is 8.29. The van der Waals surface area contributed by atoms with Gasteiger partial charge in [-0.25, -0.2) is 4.79 Å². The topological polar surface area (TPSA) is 57.5 Å². The zero-order chi connectivity index (χ0) is 11.3. The summed E-state index contributed by atoms with van der Waals surface area (Å²) in [4.78, 5) is 10.6. The monoisotopic (exact) mass is 222 g/mol. The maximum Gasteiger partial charge on any atom is 0.327 e. The maximum atomic E-state index is 10.6. The number of carboxylic acids is 1. The second-order valence-corrected chi connectivity index (χ2v) is 5.96. The van der Waals surface area contributed by atoms with Crippen molar-refractivity contribution in [3.63, 3.8) is 0 Å².